The zero-order valence-electron chi connectivity index (χ0n) is 67.1. The Bertz CT molecular complexity index is 5110. The van der Waals surface area contributed by atoms with E-state index in [9.17, 15) is 51.2 Å². The van der Waals surface area contributed by atoms with E-state index in [1.165, 1.54) is 53.0 Å². The number of hydrogen-bond acceptors (Lipinski definition) is 24. The van der Waals surface area contributed by atoms with Crippen LogP contribution in [0.3, 0.4) is 0 Å². The Morgan fingerprint density at radius 3 is 0.816 bits per heavy atom. The first-order chi connectivity index (χ1) is 52.6. The molecule has 4 fully saturated rings. The zero-order chi connectivity index (χ0) is 84.7. The third-order valence-corrected chi connectivity index (χ3v) is 26.0. The van der Waals surface area contributed by atoms with Crippen molar-refractivity contribution in [1.82, 2.24) is 19.9 Å². The van der Waals surface area contributed by atoms with E-state index in [1.807, 2.05) is 125 Å². The topological polar surface area (TPSA) is 347 Å². The van der Waals surface area contributed by atoms with E-state index in [2.05, 4.69) is 38.8 Å². The highest BCUT2D eigenvalue weighted by Crippen LogP contribution is 2.42. The summed E-state index contributed by atoms with van der Waals surface area (Å²) in [4.78, 5) is 15.1. The summed E-state index contributed by atoms with van der Waals surface area (Å²) in [6.07, 6.45) is 5.98. The van der Waals surface area contributed by atoms with Crippen LogP contribution in [0.1, 0.15) is 122 Å². The second-order valence-electron chi connectivity index (χ2n) is 30.8. The molecule has 0 unspecified atom stereocenters. The molecule has 28 nitrogen and oxygen atoms in total. The fourth-order valence-corrected chi connectivity index (χ4v) is 15.3. The van der Waals surface area contributed by atoms with E-state index < -0.39 is 146 Å². The molecule has 8 heterocycles. The van der Waals surface area contributed by atoms with Crippen molar-refractivity contribution in [3.63, 3.8) is 0 Å². The van der Waals surface area contributed by atoms with Gasteiger partial charge in [0.1, 0.15) is 50.9 Å². The van der Waals surface area contributed by atoms with Crippen LogP contribution in [0.4, 0.5) is 40.3 Å². The molecule has 40 heteroatoms. The van der Waals surface area contributed by atoms with Crippen LogP contribution in [0, 0.1) is 37.1 Å². The van der Waals surface area contributed by atoms with E-state index in [1.54, 1.807) is 73.1 Å². The molecule has 4 saturated heterocycles. The van der Waals surface area contributed by atoms with Gasteiger partial charge in [0.25, 0.3) is 40.1 Å². The molecule has 0 spiro atoms. The number of methoxy groups -OCH3 is 4. The van der Waals surface area contributed by atoms with Gasteiger partial charge in [0.15, 0.2) is 4.90 Å². The van der Waals surface area contributed by atoms with Gasteiger partial charge >= 0.3 is 28.5 Å². The van der Waals surface area contributed by atoms with E-state index in [0.717, 1.165) is 41.5 Å². The van der Waals surface area contributed by atoms with Gasteiger partial charge in [-0.05, 0) is 197 Å². The number of nitrogens with zero attached hydrogens (tertiary/aromatic N) is 4. The monoisotopic (exact) mass is 1660 g/mol. The fraction of sp³-hybridized carbons (Fsp3) is 0.405. The van der Waals surface area contributed by atoms with Gasteiger partial charge in [0, 0.05) is 52.7 Å². The molecule has 4 N–H and O–H groups in total. The largest absolute Gasteiger partial charge is 0.496 e. The highest BCUT2D eigenvalue weighted by Gasteiger charge is 2.56. The number of aromatic nitrogens is 4. The lowest BCUT2D eigenvalue weighted by molar-refractivity contribution is 0.00578. The van der Waals surface area contributed by atoms with Gasteiger partial charge in [-0.25, -0.2) is 71.2 Å². The summed E-state index contributed by atoms with van der Waals surface area (Å²) < 4.78 is 235. The molecular weight excluding hydrogens is 1570 g/mol. The van der Waals surface area contributed by atoms with Crippen LogP contribution >= 0.6 is 0 Å². The summed E-state index contributed by atoms with van der Waals surface area (Å²) in [5.41, 5.74) is -0.209. The first-order valence-corrected chi connectivity index (χ1v) is 41.3. The molecule has 0 amide bonds. The summed E-state index contributed by atoms with van der Waals surface area (Å²) in [5.74, 6) is -4.32. The van der Waals surface area contributed by atoms with Crippen LogP contribution in [-0.4, -0.2) is 155 Å². The molecule has 0 radical (unpaired) electrons. The molecule has 4 aliphatic heterocycles. The zero-order valence-corrected chi connectivity index (χ0v) is 70.4. The van der Waals surface area contributed by atoms with Crippen LogP contribution in [0.5, 0.6) is 23.5 Å². The Balaban J connectivity index is 0.000000174. The molecule has 12 rings (SSSR count). The SMILES string of the molecule is COc1ncc(B2OC(C)(C)C(C)(C)O2)cc1NS(=O)(=O)c1c(F)cccc1F.COc1ncc(B2OC(C)(C)C(C)(C)O2)cc1NS(=O)(=O)c1ccc(C)cc1.COc1ncc(B2OC(C)(C)C(C)(C)O2)cc1NS(=O)(=O)c1ccc(C)cc1.COc1ncc(B2OC(C)(C)C(C)(C)O2)cc1NS(=O)(=O)c1ccc(F)cc1F. The minimum atomic E-state index is -4.59. The second kappa shape index (κ2) is 33.1. The van der Waals surface area contributed by atoms with Crippen LogP contribution in [0.15, 0.2) is 154 Å². The number of rotatable bonds is 20. The van der Waals surface area contributed by atoms with Crippen molar-refractivity contribution in [3.05, 3.63) is 168 Å². The van der Waals surface area contributed by atoms with E-state index in [-0.39, 0.29) is 56.1 Å². The van der Waals surface area contributed by atoms with Crippen LogP contribution in [-0.2, 0) is 77.3 Å². The highest BCUT2D eigenvalue weighted by molar-refractivity contribution is 7.93. The molecule has 114 heavy (non-hydrogen) atoms. The van der Waals surface area contributed by atoms with Gasteiger partial charge in [0.05, 0.1) is 83.0 Å². The van der Waals surface area contributed by atoms with Crippen LogP contribution in [0.2, 0.25) is 0 Å². The molecule has 4 aliphatic rings. The molecule has 0 atom stereocenters. The van der Waals surface area contributed by atoms with Crippen LogP contribution in [0.25, 0.3) is 0 Å². The molecule has 612 valence electrons. The van der Waals surface area contributed by atoms with Gasteiger partial charge in [-0.3, -0.25) is 18.9 Å². The number of pyridine rings is 4. The van der Waals surface area contributed by atoms with Crippen molar-refractivity contribution in [2.75, 3.05) is 47.3 Å². The first kappa shape index (κ1) is 89.3. The predicted octanol–water partition coefficient (Wildman–Crippen LogP) is 9.93. The molecule has 0 saturated carbocycles. The Kier molecular flexibility index (Phi) is 26.0. The fourth-order valence-electron chi connectivity index (χ4n) is 10.9. The average Bonchev–Trinajstić information content (AvgIpc) is 1.59. The van der Waals surface area contributed by atoms with E-state index in [4.69, 9.17) is 56.2 Å². The van der Waals surface area contributed by atoms with Crippen molar-refractivity contribution in [2.45, 2.75) is 189 Å². The van der Waals surface area contributed by atoms with Gasteiger partial charge in [0.2, 0.25) is 23.5 Å². The standard InChI is InChI=1S/2C19H25BN2O5S.2C18H21BF2N2O5S/c2*1-13-7-9-15(10-8-13)28(23,24)22-16-11-14(12-21-17(16)25-6)20-26-18(2,3)19(4,5)27-20;1-17(2)18(3,4)28-19(27-17)11-8-14(16(26-5)22-10-11)23-29(24,25)15-7-6-12(20)9-13(15)21;1-17(2)18(3,4)28-19(27-17)11-9-14(16(26-5)22-10-11)23-29(24,25)15-12(20)7-6-8-13(15)21/h2*7-12,22H,1-6H3;2*6-10,23H,1-5H3. The number of ether oxygens (including phenoxy) is 4. The number of sulfonamides is 4. The lowest BCUT2D eigenvalue weighted by Gasteiger charge is -2.32. The highest BCUT2D eigenvalue weighted by atomic mass is 32.2. The van der Waals surface area contributed by atoms with E-state index in [0.29, 0.717) is 27.9 Å². The summed E-state index contributed by atoms with van der Waals surface area (Å²) in [6.45, 7) is 34.4. The molecule has 4 aromatic heterocycles. The minimum Gasteiger partial charge on any atom is -0.480 e. The average molecular weight is 1660 g/mol. The maximum Gasteiger partial charge on any atom is 0.496 e. The normalized spacial score (nSPS) is 18.1. The number of nitrogens with one attached hydrogen (secondary N) is 4. The lowest BCUT2D eigenvalue weighted by Crippen LogP contribution is -2.41. The van der Waals surface area contributed by atoms with Crippen molar-refractivity contribution < 1.29 is 107 Å². The summed E-state index contributed by atoms with van der Waals surface area (Å²) in [7, 11) is -14.0. The molecule has 8 aromatic rings. The molecular formula is C74H92B4F4N8O20S4. The number of anilines is 4. The maximum atomic E-state index is 14.0. The van der Waals surface area contributed by atoms with Crippen molar-refractivity contribution in [3.8, 4) is 23.5 Å². The Morgan fingerprint density at radius 1 is 0.325 bits per heavy atom. The summed E-state index contributed by atoms with van der Waals surface area (Å²) >= 11 is 0. The van der Waals surface area contributed by atoms with Gasteiger partial charge in [-0.1, -0.05) is 41.5 Å². The number of halogens is 4. The third kappa shape index (κ3) is 19.7. The first-order valence-electron chi connectivity index (χ1n) is 35.4. The smallest absolute Gasteiger partial charge is 0.480 e. The summed E-state index contributed by atoms with van der Waals surface area (Å²) in [5, 5.41) is 0. The lowest BCUT2D eigenvalue weighted by atomic mass is 9.80. The third-order valence-electron chi connectivity index (χ3n) is 20.4. The number of aryl methyl sites for hydroxylation is 2. The molecule has 0 aliphatic carbocycles. The van der Waals surface area contributed by atoms with Crippen LogP contribution < -0.4 is 59.7 Å². The van der Waals surface area contributed by atoms with Gasteiger partial charge < -0.3 is 56.2 Å². The molecule has 4 aromatic carbocycles. The predicted molar refractivity (Wildman–Crippen MR) is 424 cm³/mol. The quantitative estimate of drug-likeness (QED) is 0.0407. The van der Waals surface area contributed by atoms with E-state index >= 15 is 0 Å². The Labute approximate surface area is 664 Å². The van der Waals surface area contributed by atoms with Crippen molar-refractivity contribution >= 4 is 113 Å². The van der Waals surface area contributed by atoms with Gasteiger partial charge in [-0.2, -0.15) is 0 Å². The maximum absolute atomic E-state index is 14.0. The summed E-state index contributed by atoms with van der Waals surface area (Å²) in [6, 6.07) is 24.2. The second-order valence-corrected chi connectivity index (χ2v) is 37.5. The minimum absolute atomic E-state index is 0.0311. The Morgan fingerprint density at radius 2 is 0.570 bits per heavy atom. The molecule has 0 bridgehead atoms. The number of hydrogen-bond donors (Lipinski definition) is 4. The van der Waals surface area contributed by atoms with Crippen molar-refractivity contribution in [1.29, 1.82) is 0 Å². The van der Waals surface area contributed by atoms with Gasteiger partial charge in [-0.15, -0.1) is 0 Å². The number of benzene rings is 4. The van der Waals surface area contributed by atoms with Crippen molar-refractivity contribution in [2.24, 2.45) is 0 Å². The Hall–Kier alpha value is -8.66.